The van der Waals surface area contributed by atoms with E-state index in [2.05, 4.69) is 10.2 Å². The molecule has 4 rings (SSSR count). The first-order valence-electron chi connectivity index (χ1n) is 8.85. The van der Waals surface area contributed by atoms with Crippen molar-refractivity contribution in [2.75, 3.05) is 42.1 Å². The number of piperazine rings is 1. The Balaban J connectivity index is 1.40. The summed E-state index contributed by atoms with van der Waals surface area (Å²) in [6.07, 6.45) is 1.30. The lowest BCUT2D eigenvalue weighted by Gasteiger charge is -2.36. The van der Waals surface area contributed by atoms with Crippen LogP contribution in [-0.2, 0) is 11.2 Å². The maximum absolute atomic E-state index is 11.6. The van der Waals surface area contributed by atoms with Gasteiger partial charge < -0.3 is 20.8 Å². The van der Waals surface area contributed by atoms with Crippen LogP contribution in [0.2, 0.25) is 10.0 Å². The SMILES string of the molecule is Nc1ccc(N2CCN(Oc3ccc4c(c3)NC(=O)CC4)CC2)c(Cl)c1Cl. The highest BCUT2D eigenvalue weighted by molar-refractivity contribution is 6.45. The molecule has 0 saturated carbocycles. The summed E-state index contributed by atoms with van der Waals surface area (Å²) in [5.74, 6) is 0.769. The number of hydroxylamine groups is 2. The number of hydrogen-bond acceptors (Lipinski definition) is 5. The number of nitrogens with zero attached hydrogens (tertiary/aromatic N) is 2. The lowest BCUT2D eigenvalue weighted by molar-refractivity contribution is -0.116. The zero-order chi connectivity index (χ0) is 19.0. The third-order valence-corrected chi connectivity index (χ3v) is 5.77. The minimum atomic E-state index is 0.0484. The Morgan fingerprint density at radius 2 is 1.78 bits per heavy atom. The summed E-state index contributed by atoms with van der Waals surface area (Å²) in [6, 6.07) is 9.51. The second kappa shape index (κ2) is 7.46. The molecule has 1 fully saturated rings. The van der Waals surface area contributed by atoms with Gasteiger partial charge in [-0.1, -0.05) is 29.3 Å². The van der Waals surface area contributed by atoms with Crippen LogP contribution in [0, 0.1) is 0 Å². The van der Waals surface area contributed by atoms with Gasteiger partial charge in [0.2, 0.25) is 5.91 Å². The van der Waals surface area contributed by atoms with Crippen LogP contribution in [-0.4, -0.2) is 37.1 Å². The van der Waals surface area contributed by atoms with Gasteiger partial charge in [-0.15, -0.1) is 5.06 Å². The summed E-state index contributed by atoms with van der Waals surface area (Å²) in [7, 11) is 0. The Labute approximate surface area is 167 Å². The second-order valence-electron chi connectivity index (χ2n) is 6.68. The third kappa shape index (κ3) is 3.78. The Morgan fingerprint density at radius 3 is 2.56 bits per heavy atom. The first-order chi connectivity index (χ1) is 13.0. The predicted octanol–water partition coefficient (Wildman–Crippen LogP) is 3.58. The number of hydrogen-bond donors (Lipinski definition) is 2. The first-order valence-corrected chi connectivity index (χ1v) is 9.61. The molecule has 27 heavy (non-hydrogen) atoms. The van der Waals surface area contributed by atoms with Gasteiger partial charge in [-0.3, -0.25) is 4.79 Å². The molecule has 8 heteroatoms. The number of fused-ring (bicyclic) bond motifs is 1. The first kappa shape index (κ1) is 18.2. The van der Waals surface area contributed by atoms with Crippen LogP contribution in [0.4, 0.5) is 17.1 Å². The van der Waals surface area contributed by atoms with Crippen molar-refractivity contribution in [3.8, 4) is 5.75 Å². The summed E-state index contributed by atoms with van der Waals surface area (Å²) < 4.78 is 0. The maximum Gasteiger partial charge on any atom is 0.224 e. The monoisotopic (exact) mass is 406 g/mol. The molecular weight excluding hydrogens is 387 g/mol. The van der Waals surface area contributed by atoms with Gasteiger partial charge in [-0.05, 0) is 30.2 Å². The molecule has 0 unspecified atom stereocenters. The fourth-order valence-corrected chi connectivity index (χ4v) is 3.83. The molecule has 2 aromatic rings. The van der Waals surface area contributed by atoms with Crippen LogP contribution >= 0.6 is 23.2 Å². The number of anilines is 3. The topological polar surface area (TPSA) is 70.8 Å². The minimum Gasteiger partial charge on any atom is -0.406 e. The maximum atomic E-state index is 11.6. The molecule has 0 bridgehead atoms. The van der Waals surface area contributed by atoms with Crippen LogP contribution < -0.4 is 20.8 Å². The van der Waals surface area contributed by atoms with Crippen LogP contribution in [0.25, 0.3) is 0 Å². The summed E-state index contributed by atoms with van der Waals surface area (Å²) in [5.41, 5.74) is 9.13. The van der Waals surface area contributed by atoms with Crippen molar-refractivity contribution in [3.63, 3.8) is 0 Å². The van der Waals surface area contributed by atoms with E-state index in [1.165, 1.54) is 0 Å². The molecule has 0 aromatic heterocycles. The van der Waals surface area contributed by atoms with E-state index in [4.69, 9.17) is 33.8 Å². The average Bonchev–Trinajstić information content (AvgIpc) is 2.67. The Bertz CT molecular complexity index is 882. The van der Waals surface area contributed by atoms with E-state index < -0.39 is 0 Å². The van der Waals surface area contributed by atoms with Crippen LogP contribution in [0.5, 0.6) is 5.75 Å². The smallest absolute Gasteiger partial charge is 0.224 e. The van der Waals surface area contributed by atoms with Crippen molar-refractivity contribution < 1.29 is 9.63 Å². The molecule has 0 spiro atoms. The number of nitrogen functional groups attached to an aromatic ring is 1. The van der Waals surface area contributed by atoms with Crippen LogP contribution in [0.15, 0.2) is 30.3 Å². The number of rotatable bonds is 3. The van der Waals surface area contributed by atoms with Gasteiger partial charge in [0.05, 0.1) is 34.5 Å². The molecule has 6 nitrogen and oxygen atoms in total. The molecule has 0 aliphatic carbocycles. The lowest BCUT2D eigenvalue weighted by Crippen LogP contribution is -2.47. The fraction of sp³-hybridized carbons (Fsp3) is 0.316. The van der Waals surface area contributed by atoms with E-state index in [9.17, 15) is 4.79 Å². The van der Waals surface area contributed by atoms with Crippen molar-refractivity contribution >= 4 is 46.2 Å². The number of aryl methyl sites for hydroxylation is 1. The Morgan fingerprint density at radius 1 is 1.00 bits per heavy atom. The molecule has 3 N–H and O–H groups in total. The molecule has 1 saturated heterocycles. The van der Waals surface area contributed by atoms with E-state index >= 15 is 0 Å². The molecule has 2 aliphatic rings. The summed E-state index contributed by atoms with van der Waals surface area (Å²) in [5, 5.41) is 5.69. The summed E-state index contributed by atoms with van der Waals surface area (Å²) in [4.78, 5) is 19.7. The highest BCUT2D eigenvalue weighted by Gasteiger charge is 2.22. The number of nitrogens with two attached hydrogens (primary N) is 1. The van der Waals surface area contributed by atoms with Crippen LogP contribution in [0.3, 0.4) is 0 Å². The number of amides is 1. The molecule has 142 valence electrons. The highest BCUT2D eigenvalue weighted by Crippen LogP contribution is 2.37. The molecule has 1 amide bonds. The van der Waals surface area contributed by atoms with E-state index in [1.54, 1.807) is 6.07 Å². The van der Waals surface area contributed by atoms with Gasteiger partial charge in [0.1, 0.15) is 5.75 Å². The highest BCUT2D eigenvalue weighted by atomic mass is 35.5. The van der Waals surface area contributed by atoms with Crippen molar-refractivity contribution in [2.24, 2.45) is 0 Å². The van der Waals surface area contributed by atoms with Gasteiger partial charge in [-0.25, -0.2) is 0 Å². The van der Waals surface area contributed by atoms with E-state index in [-0.39, 0.29) is 5.91 Å². The average molecular weight is 407 g/mol. The Hall–Kier alpha value is -2.15. The second-order valence-corrected chi connectivity index (χ2v) is 7.43. The molecule has 2 aliphatic heterocycles. The zero-order valence-corrected chi connectivity index (χ0v) is 16.2. The number of benzene rings is 2. The Kier molecular flexibility index (Phi) is 5.04. The van der Waals surface area contributed by atoms with Crippen molar-refractivity contribution in [2.45, 2.75) is 12.8 Å². The number of carbonyl (C=O) groups is 1. The van der Waals surface area contributed by atoms with E-state index in [1.807, 2.05) is 29.3 Å². The standard InChI is InChI=1S/C19H20Cl2N4O2/c20-18-14(22)4-5-16(19(18)21)24-7-9-25(10-8-24)27-13-3-1-12-2-6-17(26)23-15(12)11-13/h1,3-5,11H,2,6-10,22H2,(H,23,26). The number of halogens is 2. The largest absolute Gasteiger partial charge is 0.406 e. The molecule has 0 radical (unpaired) electrons. The van der Waals surface area contributed by atoms with E-state index in [0.29, 0.717) is 35.2 Å². The zero-order valence-electron chi connectivity index (χ0n) is 14.7. The van der Waals surface area contributed by atoms with Gasteiger partial charge in [0.25, 0.3) is 0 Å². The normalized spacial score (nSPS) is 17.4. The lowest BCUT2D eigenvalue weighted by atomic mass is 10.0. The molecular formula is C19H20Cl2N4O2. The summed E-state index contributed by atoms with van der Waals surface area (Å²) >= 11 is 12.5. The van der Waals surface area contributed by atoms with Crippen molar-refractivity contribution in [1.29, 1.82) is 0 Å². The third-order valence-electron chi connectivity index (χ3n) is 4.88. The number of carbonyl (C=O) groups excluding carboxylic acids is 1. The van der Waals surface area contributed by atoms with Gasteiger partial charge in [-0.2, -0.15) is 0 Å². The molecule has 2 heterocycles. The molecule has 2 aromatic carbocycles. The predicted molar refractivity (Wildman–Crippen MR) is 109 cm³/mol. The minimum absolute atomic E-state index is 0.0484. The van der Waals surface area contributed by atoms with Crippen LogP contribution in [0.1, 0.15) is 12.0 Å². The van der Waals surface area contributed by atoms with Gasteiger partial charge in [0.15, 0.2) is 0 Å². The van der Waals surface area contributed by atoms with Gasteiger partial charge in [0, 0.05) is 31.3 Å². The van der Waals surface area contributed by atoms with Gasteiger partial charge >= 0.3 is 0 Å². The summed E-state index contributed by atoms with van der Waals surface area (Å²) in [6.45, 7) is 2.92. The number of nitrogens with one attached hydrogen (secondary N) is 1. The van der Waals surface area contributed by atoms with Crippen molar-refractivity contribution in [3.05, 3.63) is 45.9 Å². The quantitative estimate of drug-likeness (QED) is 0.762. The fourth-order valence-electron chi connectivity index (χ4n) is 3.38. The molecule has 0 atom stereocenters. The van der Waals surface area contributed by atoms with E-state index in [0.717, 1.165) is 42.2 Å². The van der Waals surface area contributed by atoms with Crippen molar-refractivity contribution in [1.82, 2.24) is 5.06 Å².